The van der Waals surface area contributed by atoms with E-state index in [2.05, 4.69) is 55.6 Å². The number of rotatable bonds is 38. The molecular formula is C44H80N2O5. The highest BCUT2D eigenvalue weighted by Crippen LogP contribution is 2.16. The Bertz CT molecular complexity index is 900. The Hall–Kier alpha value is -2.41. The lowest BCUT2D eigenvalue weighted by Crippen LogP contribution is -2.40. The fourth-order valence-electron chi connectivity index (χ4n) is 6.15. The number of carboxylic acids is 1. The van der Waals surface area contributed by atoms with Gasteiger partial charge in [-0.2, -0.15) is 0 Å². The van der Waals surface area contributed by atoms with Gasteiger partial charge in [0.2, 0.25) is 5.91 Å². The van der Waals surface area contributed by atoms with Crippen molar-refractivity contribution in [2.45, 2.75) is 219 Å². The summed E-state index contributed by atoms with van der Waals surface area (Å²) in [6.45, 7) is 4.90. The van der Waals surface area contributed by atoms with Crippen LogP contribution in [0.15, 0.2) is 36.5 Å². The fraction of sp³-hybridized carbons (Fsp3) is 0.795. The predicted molar refractivity (Wildman–Crippen MR) is 216 cm³/mol. The molecule has 0 aliphatic carbocycles. The molecule has 0 aliphatic rings. The van der Waals surface area contributed by atoms with Crippen LogP contribution in [0, 0.1) is 0 Å². The minimum absolute atomic E-state index is 0.0949. The van der Waals surface area contributed by atoms with E-state index >= 15 is 0 Å². The fourth-order valence-corrected chi connectivity index (χ4v) is 6.15. The second kappa shape index (κ2) is 38.8. The van der Waals surface area contributed by atoms with E-state index in [4.69, 9.17) is 10.5 Å². The van der Waals surface area contributed by atoms with Crippen LogP contribution in [-0.4, -0.2) is 41.6 Å². The highest BCUT2D eigenvalue weighted by atomic mass is 16.5. The van der Waals surface area contributed by atoms with E-state index in [1.54, 1.807) is 0 Å². The van der Waals surface area contributed by atoms with Crippen LogP contribution in [0.2, 0.25) is 0 Å². The first-order valence-electron chi connectivity index (χ1n) is 21.3. The van der Waals surface area contributed by atoms with Crippen LogP contribution in [0.25, 0.3) is 0 Å². The number of carbonyl (C=O) groups is 3. The molecule has 2 unspecified atom stereocenters. The molecule has 0 bridgehead atoms. The van der Waals surface area contributed by atoms with E-state index in [1.807, 2.05) is 0 Å². The second-order valence-electron chi connectivity index (χ2n) is 14.4. The van der Waals surface area contributed by atoms with Crippen LogP contribution in [0.5, 0.6) is 0 Å². The molecule has 7 nitrogen and oxygen atoms in total. The Labute approximate surface area is 314 Å². The molecule has 0 aromatic carbocycles. The Morgan fingerprint density at radius 1 is 0.588 bits per heavy atom. The third-order valence-corrected chi connectivity index (χ3v) is 9.41. The summed E-state index contributed by atoms with van der Waals surface area (Å²) in [6, 6.07) is -0.871. The Morgan fingerprint density at radius 2 is 1.08 bits per heavy atom. The predicted octanol–water partition coefficient (Wildman–Crippen LogP) is 11.8. The summed E-state index contributed by atoms with van der Waals surface area (Å²) < 4.78 is 5.93. The summed E-state index contributed by atoms with van der Waals surface area (Å²) in [5.41, 5.74) is 5.48. The van der Waals surface area contributed by atoms with Crippen LogP contribution in [0.4, 0.5) is 0 Å². The Balaban J connectivity index is 4.30. The lowest BCUT2D eigenvalue weighted by Gasteiger charge is -2.15. The third kappa shape index (κ3) is 35.8. The first-order valence-corrected chi connectivity index (χ1v) is 21.3. The minimum atomic E-state index is -1.01. The summed E-state index contributed by atoms with van der Waals surface area (Å²) >= 11 is 0. The van der Waals surface area contributed by atoms with E-state index in [1.165, 1.54) is 109 Å². The molecule has 51 heavy (non-hydrogen) atoms. The quantitative estimate of drug-likeness (QED) is 0.0332. The molecule has 1 amide bonds. The zero-order valence-electron chi connectivity index (χ0n) is 33.2. The van der Waals surface area contributed by atoms with Gasteiger partial charge < -0.3 is 20.9 Å². The van der Waals surface area contributed by atoms with Crippen molar-refractivity contribution in [1.29, 1.82) is 0 Å². The molecule has 0 spiro atoms. The normalized spacial score (nSPS) is 13.0. The van der Waals surface area contributed by atoms with E-state index in [9.17, 15) is 19.5 Å². The van der Waals surface area contributed by atoms with Gasteiger partial charge in [0.15, 0.2) is 0 Å². The Morgan fingerprint density at radius 3 is 1.67 bits per heavy atom. The topological polar surface area (TPSA) is 119 Å². The van der Waals surface area contributed by atoms with Crippen LogP contribution < -0.4 is 11.1 Å². The van der Waals surface area contributed by atoms with Crippen molar-refractivity contribution in [2.75, 3.05) is 6.54 Å². The van der Waals surface area contributed by atoms with Gasteiger partial charge in [0.25, 0.3) is 0 Å². The summed E-state index contributed by atoms with van der Waals surface area (Å²) in [5.74, 6) is -1.33. The van der Waals surface area contributed by atoms with Gasteiger partial charge in [-0.15, -0.1) is 0 Å². The Kier molecular flexibility index (Phi) is 37.0. The van der Waals surface area contributed by atoms with Gasteiger partial charge in [-0.05, 0) is 96.1 Å². The molecule has 4 N–H and O–H groups in total. The molecule has 0 rings (SSSR count). The summed E-state index contributed by atoms with van der Waals surface area (Å²) in [5, 5.41) is 11.9. The number of esters is 1. The van der Waals surface area contributed by atoms with Gasteiger partial charge >= 0.3 is 11.9 Å². The van der Waals surface area contributed by atoms with Crippen molar-refractivity contribution in [2.24, 2.45) is 5.73 Å². The van der Waals surface area contributed by atoms with E-state index < -0.39 is 12.0 Å². The molecular weight excluding hydrogens is 636 g/mol. The second-order valence-corrected chi connectivity index (χ2v) is 14.4. The first kappa shape index (κ1) is 48.6. The van der Waals surface area contributed by atoms with Gasteiger partial charge in [0, 0.05) is 12.8 Å². The van der Waals surface area contributed by atoms with Crippen molar-refractivity contribution in [3.63, 3.8) is 0 Å². The summed E-state index contributed by atoms with van der Waals surface area (Å²) in [6.07, 6.45) is 44.8. The summed E-state index contributed by atoms with van der Waals surface area (Å²) in [4.78, 5) is 36.3. The molecule has 0 saturated heterocycles. The van der Waals surface area contributed by atoms with Gasteiger partial charge in [-0.1, -0.05) is 141 Å². The van der Waals surface area contributed by atoms with Crippen LogP contribution in [-0.2, 0) is 19.1 Å². The van der Waals surface area contributed by atoms with Gasteiger partial charge in [0.1, 0.15) is 12.1 Å². The maximum absolute atomic E-state index is 12.7. The summed E-state index contributed by atoms with van der Waals surface area (Å²) in [7, 11) is 0. The number of allylic oxidation sites excluding steroid dienone is 5. The van der Waals surface area contributed by atoms with Gasteiger partial charge in [0.05, 0.1) is 0 Å². The molecule has 2 atom stereocenters. The largest absolute Gasteiger partial charge is 0.480 e. The molecule has 0 radical (unpaired) electrons. The number of amides is 1. The van der Waals surface area contributed by atoms with E-state index in [-0.39, 0.29) is 18.0 Å². The average Bonchev–Trinajstić information content (AvgIpc) is 3.11. The van der Waals surface area contributed by atoms with E-state index in [0.717, 1.165) is 51.4 Å². The number of nitrogens with one attached hydrogen (secondary N) is 1. The molecule has 0 fully saturated rings. The highest BCUT2D eigenvalue weighted by molar-refractivity contribution is 5.83. The zero-order chi connectivity index (χ0) is 37.5. The first-order chi connectivity index (χ1) is 24.9. The maximum Gasteiger partial charge on any atom is 0.326 e. The monoisotopic (exact) mass is 717 g/mol. The van der Waals surface area contributed by atoms with Crippen molar-refractivity contribution in [3.05, 3.63) is 36.5 Å². The molecule has 296 valence electrons. The molecule has 7 heteroatoms. The number of carboxylic acid groups (broad SMARTS) is 1. The smallest absolute Gasteiger partial charge is 0.326 e. The lowest BCUT2D eigenvalue weighted by atomic mass is 10.1. The number of carbonyl (C=O) groups excluding carboxylic acids is 2. The number of aliphatic carboxylic acids is 1. The van der Waals surface area contributed by atoms with Crippen molar-refractivity contribution >= 4 is 17.8 Å². The number of unbranched alkanes of at least 4 members (excludes halogenated alkanes) is 20. The maximum atomic E-state index is 12.7. The molecule has 0 saturated carbocycles. The van der Waals surface area contributed by atoms with Gasteiger partial charge in [-0.25, -0.2) is 4.79 Å². The third-order valence-electron chi connectivity index (χ3n) is 9.41. The van der Waals surface area contributed by atoms with Crippen LogP contribution in [0.1, 0.15) is 206 Å². The SMILES string of the molecule is CCCCC/C=C\C/C=C\CCCCCCCCCC(=O)OC(/C=C\CCCCCCCCC)CCCCCCC(=O)NC(CCCN)C(=O)O. The molecule has 0 aliphatic heterocycles. The number of hydrogen-bond donors (Lipinski definition) is 3. The van der Waals surface area contributed by atoms with Crippen molar-refractivity contribution < 1.29 is 24.2 Å². The zero-order valence-corrected chi connectivity index (χ0v) is 33.2. The lowest BCUT2D eigenvalue weighted by molar-refractivity contribution is -0.147. The van der Waals surface area contributed by atoms with Crippen molar-refractivity contribution in [3.8, 4) is 0 Å². The molecule has 0 heterocycles. The molecule has 0 aromatic heterocycles. The molecule has 0 aromatic rings. The number of ether oxygens (including phenoxy) is 1. The standard InChI is InChI=1S/C44H80N2O5/c1-3-5-7-9-11-13-14-15-16-17-18-19-20-22-24-26-32-38-43(48)51-40(34-29-25-23-21-12-10-8-6-4-2)35-30-27-28-31-37-42(47)46-41(44(49)50)36-33-39-45/h11,13,15-16,29,34,40-41H,3-10,12,14,17-28,30-33,35-39,45H2,1-2H3,(H,46,47)(H,49,50)/b13-11-,16-15-,34-29-. The van der Waals surface area contributed by atoms with E-state index in [0.29, 0.717) is 38.6 Å². The van der Waals surface area contributed by atoms with Crippen LogP contribution in [0.3, 0.4) is 0 Å². The van der Waals surface area contributed by atoms with Gasteiger partial charge in [-0.3, -0.25) is 9.59 Å². The van der Waals surface area contributed by atoms with Crippen LogP contribution >= 0.6 is 0 Å². The minimum Gasteiger partial charge on any atom is -0.480 e. The van der Waals surface area contributed by atoms with Crippen molar-refractivity contribution in [1.82, 2.24) is 5.32 Å². The average molecular weight is 717 g/mol. The highest BCUT2D eigenvalue weighted by Gasteiger charge is 2.19. The number of nitrogens with two attached hydrogens (primary N) is 1. The number of hydrogen-bond acceptors (Lipinski definition) is 5.